The van der Waals surface area contributed by atoms with Gasteiger partial charge < -0.3 is 95.3 Å². The molecule has 0 aliphatic heterocycles. The Labute approximate surface area is 588 Å². The Kier molecular flexibility index (Phi) is 73.1. The summed E-state index contributed by atoms with van der Waals surface area (Å²) in [5.41, 5.74) is 17.0. The lowest BCUT2D eigenvalue weighted by Crippen LogP contribution is -2.34. The van der Waals surface area contributed by atoms with Crippen molar-refractivity contribution in [1.82, 2.24) is 26.6 Å². The van der Waals surface area contributed by atoms with Crippen molar-refractivity contribution in [2.75, 3.05) is 132 Å². The van der Waals surface area contributed by atoms with Crippen LogP contribution in [-0.2, 0) is 66.5 Å². The Morgan fingerprint density at radius 1 is 0.485 bits per heavy atom. The number of azide groups is 1. The fourth-order valence-corrected chi connectivity index (χ4v) is 6.59. The van der Waals surface area contributed by atoms with Crippen LogP contribution < -0.4 is 38.1 Å². The average molecular weight is 1440 g/mol. The molecule has 30 nitrogen and oxygen atoms in total. The van der Waals surface area contributed by atoms with E-state index >= 15 is 0 Å². The number of aliphatic hydroxyl groups is 1. The number of unbranched alkanes of at least 4 members (excludes halogenated alkanes) is 6. The summed E-state index contributed by atoms with van der Waals surface area (Å²) in [7, 11) is -3.77. The third-order valence-corrected chi connectivity index (χ3v) is 10.9. The summed E-state index contributed by atoms with van der Waals surface area (Å²) in [5.74, 6) is 0. The topological polar surface area (TPSA) is 419 Å². The molecule has 0 spiro atoms. The molecule has 0 aromatic heterocycles. The molecule has 5 amide bonds. The van der Waals surface area contributed by atoms with Gasteiger partial charge in [-0.2, -0.15) is 8.42 Å². The molecule has 574 valence electrons. The lowest BCUT2D eigenvalue weighted by Gasteiger charge is -2.19. The zero-order valence-corrected chi connectivity index (χ0v) is 64.0. The number of benzene rings is 1. The third-order valence-electron chi connectivity index (χ3n) is 9.59. The van der Waals surface area contributed by atoms with E-state index in [1.165, 1.54) is 57.1 Å². The van der Waals surface area contributed by atoms with Crippen molar-refractivity contribution in [2.24, 2.45) is 16.6 Å². The van der Waals surface area contributed by atoms with Crippen molar-refractivity contribution < 1.29 is 93.8 Å². The maximum atomic E-state index is 11.9. The smallest absolute Gasteiger partial charge is 0.407 e. The minimum absolute atomic E-state index is 0. The number of nitrogens with two attached hydrogens (primary N) is 2. The summed E-state index contributed by atoms with van der Waals surface area (Å²) in [6, 6.07) is 6.40. The summed E-state index contributed by atoms with van der Waals surface area (Å²) < 4.78 is 79.7. The molecule has 0 unspecified atom stereocenters. The molecular weight excluding hydrogens is 1310 g/mol. The first-order valence-electron chi connectivity index (χ1n) is 32.9. The molecule has 0 saturated heterocycles. The predicted molar refractivity (Wildman–Crippen MR) is 381 cm³/mol. The minimum atomic E-state index is -3.77. The number of rotatable bonds is 37. The van der Waals surface area contributed by atoms with Crippen LogP contribution >= 0.6 is 12.4 Å². The summed E-state index contributed by atoms with van der Waals surface area (Å²) in [5, 5.41) is 24.3. The quantitative estimate of drug-likeness (QED) is 0.00583. The molecule has 0 saturated carbocycles. The van der Waals surface area contributed by atoms with Crippen LogP contribution in [0.3, 0.4) is 0 Å². The second-order valence-electron chi connectivity index (χ2n) is 25.2. The molecule has 97 heavy (non-hydrogen) atoms. The van der Waals surface area contributed by atoms with E-state index < -0.39 is 62.5 Å². The van der Waals surface area contributed by atoms with Gasteiger partial charge in [-0.1, -0.05) is 82.1 Å². The fraction of sp³-hybridized carbons (Fsp3) is 0.815. The Bertz CT molecular complexity index is 2200. The van der Waals surface area contributed by atoms with Crippen molar-refractivity contribution in [3.05, 3.63) is 40.3 Å². The first-order chi connectivity index (χ1) is 44.7. The molecular formula is C65H131ClN10O20S. The lowest BCUT2D eigenvalue weighted by atomic mass is 10.2. The maximum Gasteiger partial charge on any atom is 0.407 e. The molecule has 0 radical (unpaired) electrons. The monoisotopic (exact) mass is 1440 g/mol. The second kappa shape index (κ2) is 67.6. The molecule has 0 heterocycles. The molecule has 32 heteroatoms. The fourth-order valence-electron chi connectivity index (χ4n) is 5.69. The molecule has 0 fully saturated rings. The number of ether oxygens (including phenoxy) is 10. The van der Waals surface area contributed by atoms with Gasteiger partial charge in [-0.05, 0) is 141 Å². The summed E-state index contributed by atoms with van der Waals surface area (Å²) >= 11 is 0. The number of aliphatic hydroxyl groups excluding tert-OH is 1. The first-order valence-corrected chi connectivity index (χ1v) is 34.3. The zero-order valence-electron chi connectivity index (χ0n) is 62.4. The highest BCUT2D eigenvalue weighted by atomic mass is 35.5. The van der Waals surface area contributed by atoms with Gasteiger partial charge in [-0.3, -0.25) is 4.18 Å². The molecule has 0 aliphatic rings. The predicted octanol–water partition coefficient (Wildman–Crippen LogP) is 10.7. The van der Waals surface area contributed by atoms with Crippen LogP contribution in [0.5, 0.6) is 0 Å². The van der Waals surface area contributed by atoms with Crippen molar-refractivity contribution in [3.8, 4) is 0 Å². The number of aryl methyl sites for hydroxylation is 1. The highest BCUT2D eigenvalue weighted by Gasteiger charge is 2.20. The van der Waals surface area contributed by atoms with E-state index in [2.05, 4.69) is 50.5 Å². The molecule has 0 aliphatic carbocycles. The van der Waals surface area contributed by atoms with Crippen molar-refractivity contribution in [1.29, 1.82) is 0 Å². The number of carbonyl (C=O) groups excluding carboxylic acids is 6. The standard InChI is InChI=1S/C16H25NO6S.C13H27NO3.C9H18N4O3.C9H20N2O3.C8H19NO.C7H15NO3.C3H6O.ClH/c1-13-5-7-14(8-6-13)24(19,20)22-12-11-21-10-9-17-15(18)23-16(2,3)4;1-5-6-7-8-10-16-11-9-14-12(15)17-13(2,3)4;1-9(2,3)16-8(14)11-4-6-15-7-5-12-13-10;1-9(2,3)14-8(12)11-5-7-13-6-4-10;1-2-3-4-5-7-10-8-6-9;1-7(2,3)11-6(10)8-4-5-9;1-2-3-4;/h5-8H,9-12H2,1-4H3,(H,17,18);5-11H2,1-4H3,(H,14,15);4-7H2,1-3H3,(H,11,14);4-7,10H2,1-3H3,(H,11,12);2-9H2,1H3;9H,4-5H2,1-3H3,(H,8,10);3H,2H2,1H3;1H. The Morgan fingerprint density at radius 2 is 0.784 bits per heavy atom. The number of aldehydes is 1. The van der Waals surface area contributed by atoms with E-state index in [1.807, 2.05) is 55.4 Å². The number of hydrogen-bond donors (Lipinski definition) is 8. The van der Waals surface area contributed by atoms with Gasteiger partial charge in [0.1, 0.15) is 34.3 Å². The number of halogens is 1. The number of nitrogens with one attached hydrogen (secondary N) is 5. The third kappa shape index (κ3) is 99.2. The van der Waals surface area contributed by atoms with Gasteiger partial charge in [0.25, 0.3) is 10.1 Å². The van der Waals surface area contributed by atoms with Crippen LogP contribution in [0.4, 0.5) is 24.0 Å². The van der Waals surface area contributed by atoms with Crippen molar-refractivity contribution in [2.45, 2.75) is 222 Å². The van der Waals surface area contributed by atoms with E-state index in [1.54, 1.807) is 74.4 Å². The van der Waals surface area contributed by atoms with E-state index in [9.17, 15) is 37.2 Å². The summed E-state index contributed by atoms with van der Waals surface area (Å²) in [6.45, 7) is 43.1. The lowest BCUT2D eigenvalue weighted by molar-refractivity contribution is -0.107. The van der Waals surface area contributed by atoms with Crippen LogP contribution in [0, 0.1) is 6.92 Å². The molecule has 1 rings (SSSR count). The second-order valence-corrected chi connectivity index (χ2v) is 26.9. The highest BCUT2D eigenvalue weighted by molar-refractivity contribution is 7.86. The van der Waals surface area contributed by atoms with Crippen LogP contribution in [-0.4, -0.2) is 210 Å². The number of alkyl carbamates (subject to hydrolysis) is 5. The molecule has 0 bridgehead atoms. The number of amides is 5. The zero-order chi connectivity index (χ0) is 74.8. The van der Waals surface area contributed by atoms with Crippen LogP contribution in [0.1, 0.15) is 188 Å². The normalized spacial score (nSPS) is 10.8. The van der Waals surface area contributed by atoms with Gasteiger partial charge in [0.15, 0.2) is 0 Å². The van der Waals surface area contributed by atoms with Gasteiger partial charge >= 0.3 is 30.5 Å². The maximum absolute atomic E-state index is 11.9. The van der Waals surface area contributed by atoms with Gasteiger partial charge in [-0.15, -0.1) is 12.4 Å². The highest BCUT2D eigenvalue weighted by Crippen LogP contribution is 2.14. The molecule has 1 aromatic rings. The van der Waals surface area contributed by atoms with Crippen LogP contribution in [0.2, 0.25) is 0 Å². The van der Waals surface area contributed by atoms with Gasteiger partial charge in [0.2, 0.25) is 0 Å². The van der Waals surface area contributed by atoms with Crippen molar-refractivity contribution >= 4 is 59.3 Å². The van der Waals surface area contributed by atoms with E-state index in [4.69, 9.17) is 73.7 Å². The van der Waals surface area contributed by atoms with Crippen LogP contribution in [0.15, 0.2) is 34.3 Å². The number of hydrogen-bond acceptors (Lipinski definition) is 23. The van der Waals surface area contributed by atoms with Gasteiger partial charge in [0.05, 0.1) is 71.0 Å². The average Bonchev–Trinajstić information content (AvgIpc) is 0.861. The Balaban J connectivity index is -0.000000202. The summed E-state index contributed by atoms with van der Waals surface area (Å²) in [6.07, 6.45) is 9.14. The largest absolute Gasteiger partial charge is 0.444 e. The van der Waals surface area contributed by atoms with E-state index in [0.29, 0.717) is 85.3 Å². The molecule has 1 aromatic carbocycles. The Morgan fingerprint density at radius 3 is 1.07 bits per heavy atom. The molecule has 0 atom stereocenters. The van der Waals surface area contributed by atoms with Gasteiger partial charge in [0, 0.05) is 76.9 Å². The Hall–Kier alpha value is -5.57. The molecule has 10 N–H and O–H groups in total. The SMILES string of the molecule is CC(C)(C)OC(=O)NCCO.CC(C)(C)OC(=O)NCCOCCN.CC(C)(C)OC(=O)NCCOCCN=[N+]=[N-].CCC=O.CCCCCCOCCN.CCCCCCOCCNC(=O)OC(C)(C)C.Cc1ccc(S(=O)(=O)OCCOCCNC(=O)OC(C)(C)C)cc1.Cl. The summed E-state index contributed by atoms with van der Waals surface area (Å²) in [4.78, 5) is 67.5. The number of nitrogens with zero attached hydrogens (tertiary/aromatic N) is 3. The van der Waals surface area contributed by atoms with Crippen LogP contribution in [0.25, 0.3) is 10.4 Å². The van der Waals surface area contributed by atoms with Gasteiger partial charge in [-0.25, -0.2) is 24.0 Å². The first kappa shape index (κ1) is 105. The van der Waals surface area contributed by atoms with E-state index in [0.717, 1.165) is 31.5 Å². The number of carbonyl (C=O) groups is 6. The van der Waals surface area contributed by atoms with Crippen molar-refractivity contribution in [3.63, 3.8) is 0 Å². The van der Waals surface area contributed by atoms with E-state index in [-0.39, 0.29) is 62.9 Å². The minimum Gasteiger partial charge on any atom is -0.444 e.